The van der Waals surface area contributed by atoms with Gasteiger partial charge in [0.25, 0.3) is 0 Å². The second-order valence-electron chi connectivity index (χ2n) is 3.11. The van der Waals surface area contributed by atoms with Crippen LogP contribution in [-0.4, -0.2) is 31.6 Å². The Bertz CT molecular complexity index is 220. The van der Waals surface area contributed by atoms with Crippen LogP contribution in [0.1, 0.15) is 20.3 Å². The maximum atomic E-state index is 10.8. The molecule has 80 valence electrons. The standard InChI is InChI=1S/C10H16O4/c1-8(2)7-13-4-5-14-10(12)6-9(3)11/h1,4-7H2,2-3H3. The van der Waals surface area contributed by atoms with Crippen molar-refractivity contribution in [3.8, 4) is 0 Å². The minimum absolute atomic E-state index is 0.166. The molecule has 0 aromatic heterocycles. The largest absolute Gasteiger partial charge is 0.463 e. The van der Waals surface area contributed by atoms with Crippen LogP contribution < -0.4 is 0 Å². The van der Waals surface area contributed by atoms with Crippen LogP contribution in [0, 0.1) is 0 Å². The smallest absolute Gasteiger partial charge is 0.313 e. The lowest BCUT2D eigenvalue weighted by Gasteiger charge is -2.04. The monoisotopic (exact) mass is 200 g/mol. The van der Waals surface area contributed by atoms with Gasteiger partial charge in [0, 0.05) is 0 Å². The first-order valence-electron chi connectivity index (χ1n) is 4.39. The summed E-state index contributed by atoms with van der Waals surface area (Å²) in [7, 11) is 0. The average Bonchev–Trinajstić information content (AvgIpc) is 2.01. The second kappa shape index (κ2) is 7.26. The van der Waals surface area contributed by atoms with Gasteiger partial charge in [-0.2, -0.15) is 0 Å². The molecule has 0 aromatic carbocycles. The van der Waals surface area contributed by atoms with Gasteiger partial charge in [-0.25, -0.2) is 0 Å². The number of hydrogen-bond donors (Lipinski definition) is 0. The molecule has 0 rings (SSSR count). The molecule has 0 amide bonds. The van der Waals surface area contributed by atoms with E-state index in [1.54, 1.807) is 0 Å². The Labute approximate surface area is 83.9 Å². The molecule has 0 spiro atoms. The van der Waals surface area contributed by atoms with E-state index < -0.39 is 5.97 Å². The Morgan fingerprint density at radius 2 is 1.86 bits per heavy atom. The van der Waals surface area contributed by atoms with Gasteiger partial charge >= 0.3 is 5.97 Å². The number of ether oxygens (including phenoxy) is 2. The van der Waals surface area contributed by atoms with Crippen molar-refractivity contribution in [2.24, 2.45) is 0 Å². The third-order valence-corrected chi connectivity index (χ3v) is 1.23. The fourth-order valence-corrected chi connectivity index (χ4v) is 0.715. The Balaban J connectivity index is 3.32. The summed E-state index contributed by atoms with van der Waals surface area (Å²) in [6, 6.07) is 0. The van der Waals surface area contributed by atoms with Gasteiger partial charge in [0.2, 0.25) is 0 Å². The van der Waals surface area contributed by atoms with E-state index in [9.17, 15) is 9.59 Å². The molecule has 0 saturated carbocycles. The topological polar surface area (TPSA) is 52.6 Å². The Hall–Kier alpha value is -1.16. The second-order valence-corrected chi connectivity index (χ2v) is 3.11. The van der Waals surface area contributed by atoms with Crippen LogP contribution in [0.3, 0.4) is 0 Å². The summed E-state index contributed by atoms with van der Waals surface area (Å²) in [6.45, 7) is 7.82. The molecule has 0 N–H and O–H groups in total. The zero-order valence-electron chi connectivity index (χ0n) is 8.67. The molecule has 4 nitrogen and oxygen atoms in total. The number of esters is 1. The molecule has 0 radical (unpaired) electrons. The zero-order chi connectivity index (χ0) is 11.0. The van der Waals surface area contributed by atoms with Gasteiger partial charge in [0.15, 0.2) is 0 Å². The first kappa shape index (κ1) is 12.8. The van der Waals surface area contributed by atoms with Gasteiger partial charge in [-0.3, -0.25) is 9.59 Å². The van der Waals surface area contributed by atoms with Gasteiger partial charge < -0.3 is 9.47 Å². The Morgan fingerprint density at radius 3 is 2.36 bits per heavy atom. The molecule has 0 aliphatic heterocycles. The molecule has 4 heteroatoms. The van der Waals surface area contributed by atoms with E-state index >= 15 is 0 Å². The maximum Gasteiger partial charge on any atom is 0.313 e. The lowest BCUT2D eigenvalue weighted by atomic mass is 10.3. The molecule has 0 aliphatic carbocycles. The average molecular weight is 200 g/mol. The number of ketones is 1. The molecule has 0 fully saturated rings. The van der Waals surface area contributed by atoms with Crippen molar-refractivity contribution in [1.82, 2.24) is 0 Å². The third-order valence-electron chi connectivity index (χ3n) is 1.23. The van der Waals surface area contributed by atoms with E-state index in [1.165, 1.54) is 6.92 Å². The lowest BCUT2D eigenvalue weighted by Crippen LogP contribution is -2.13. The van der Waals surface area contributed by atoms with Crippen molar-refractivity contribution >= 4 is 11.8 Å². The first-order chi connectivity index (χ1) is 6.52. The van der Waals surface area contributed by atoms with E-state index in [0.29, 0.717) is 13.2 Å². The van der Waals surface area contributed by atoms with Crippen LogP contribution in [0.2, 0.25) is 0 Å². The summed E-state index contributed by atoms with van der Waals surface area (Å²) >= 11 is 0. The van der Waals surface area contributed by atoms with Crippen molar-refractivity contribution in [2.75, 3.05) is 19.8 Å². The van der Waals surface area contributed by atoms with E-state index in [0.717, 1.165) is 5.57 Å². The van der Waals surface area contributed by atoms with E-state index in [2.05, 4.69) is 6.58 Å². The normalized spacial score (nSPS) is 9.57. The zero-order valence-corrected chi connectivity index (χ0v) is 8.67. The molecule has 0 unspecified atom stereocenters. The minimum Gasteiger partial charge on any atom is -0.463 e. The summed E-state index contributed by atoms with van der Waals surface area (Å²) in [5, 5.41) is 0. The maximum absolute atomic E-state index is 10.8. The highest BCUT2D eigenvalue weighted by molar-refractivity contribution is 5.94. The van der Waals surface area contributed by atoms with Gasteiger partial charge in [-0.1, -0.05) is 12.2 Å². The Kier molecular flexibility index (Phi) is 6.66. The van der Waals surface area contributed by atoms with Crippen LogP contribution in [0.25, 0.3) is 0 Å². The Morgan fingerprint density at radius 1 is 1.21 bits per heavy atom. The van der Waals surface area contributed by atoms with E-state index in [4.69, 9.17) is 9.47 Å². The predicted molar refractivity (Wildman–Crippen MR) is 51.9 cm³/mol. The van der Waals surface area contributed by atoms with Gasteiger partial charge in [0.05, 0.1) is 13.2 Å². The molecular weight excluding hydrogens is 184 g/mol. The van der Waals surface area contributed by atoms with Crippen molar-refractivity contribution < 1.29 is 19.1 Å². The number of carbonyl (C=O) groups is 2. The summed E-state index contributed by atoms with van der Waals surface area (Å²) in [4.78, 5) is 21.3. The van der Waals surface area contributed by atoms with Crippen molar-refractivity contribution in [3.63, 3.8) is 0 Å². The molecular formula is C10H16O4. The highest BCUT2D eigenvalue weighted by Gasteiger charge is 2.05. The van der Waals surface area contributed by atoms with Gasteiger partial charge in [-0.05, 0) is 13.8 Å². The van der Waals surface area contributed by atoms with Gasteiger partial charge in [0.1, 0.15) is 18.8 Å². The van der Waals surface area contributed by atoms with Crippen molar-refractivity contribution in [2.45, 2.75) is 20.3 Å². The number of Topliss-reactive ketones (excluding diaryl/α,β-unsaturated/α-hetero) is 1. The lowest BCUT2D eigenvalue weighted by molar-refractivity contribution is -0.147. The van der Waals surface area contributed by atoms with Crippen LogP contribution >= 0.6 is 0 Å². The van der Waals surface area contributed by atoms with Crippen LogP contribution in [0.15, 0.2) is 12.2 Å². The van der Waals surface area contributed by atoms with E-state index in [1.807, 2.05) is 6.92 Å². The summed E-state index contributed by atoms with van der Waals surface area (Å²) in [5.41, 5.74) is 0.917. The van der Waals surface area contributed by atoms with Crippen molar-refractivity contribution in [1.29, 1.82) is 0 Å². The van der Waals surface area contributed by atoms with Crippen molar-refractivity contribution in [3.05, 3.63) is 12.2 Å². The molecule has 0 atom stereocenters. The first-order valence-corrected chi connectivity index (χ1v) is 4.39. The van der Waals surface area contributed by atoms with Gasteiger partial charge in [-0.15, -0.1) is 0 Å². The minimum atomic E-state index is -0.503. The quantitative estimate of drug-likeness (QED) is 0.267. The molecule has 0 aliphatic rings. The highest BCUT2D eigenvalue weighted by atomic mass is 16.6. The molecule has 0 saturated heterocycles. The SMILES string of the molecule is C=C(C)COCCOC(=O)CC(C)=O. The fourth-order valence-electron chi connectivity index (χ4n) is 0.715. The van der Waals surface area contributed by atoms with Crippen LogP contribution in [0.4, 0.5) is 0 Å². The fraction of sp³-hybridized carbons (Fsp3) is 0.600. The molecule has 14 heavy (non-hydrogen) atoms. The summed E-state index contributed by atoms with van der Waals surface area (Å²) in [5.74, 6) is -0.700. The molecule has 0 heterocycles. The molecule has 0 bridgehead atoms. The summed E-state index contributed by atoms with van der Waals surface area (Å²) < 4.78 is 9.81. The molecule has 0 aromatic rings. The number of carbonyl (C=O) groups excluding carboxylic acids is 2. The predicted octanol–water partition coefficient (Wildman–Crippen LogP) is 1.10. The third kappa shape index (κ3) is 8.93. The van der Waals surface area contributed by atoms with Crippen LogP contribution in [0.5, 0.6) is 0 Å². The highest BCUT2D eigenvalue weighted by Crippen LogP contribution is 1.90. The number of rotatable bonds is 7. The number of hydrogen-bond acceptors (Lipinski definition) is 4. The van der Waals surface area contributed by atoms with Crippen LogP contribution in [-0.2, 0) is 19.1 Å². The summed E-state index contributed by atoms with van der Waals surface area (Å²) in [6.07, 6.45) is -0.166. The van der Waals surface area contributed by atoms with E-state index in [-0.39, 0.29) is 18.8 Å².